The lowest BCUT2D eigenvalue weighted by Crippen LogP contribution is -2.27. The van der Waals surface area contributed by atoms with Crippen LogP contribution in [0.4, 0.5) is 5.69 Å². The Labute approximate surface area is 114 Å². The van der Waals surface area contributed by atoms with Crippen LogP contribution in [0.3, 0.4) is 0 Å². The molecule has 3 unspecified atom stereocenters. The Kier molecular flexibility index (Phi) is 4.74. The van der Waals surface area contributed by atoms with Crippen LogP contribution in [0.5, 0.6) is 0 Å². The van der Waals surface area contributed by atoms with E-state index in [1.807, 2.05) is 13.2 Å². The van der Waals surface area contributed by atoms with E-state index >= 15 is 0 Å². The Hall–Kier alpha value is -1.17. The number of pyridine rings is 1. The quantitative estimate of drug-likeness (QED) is 0.867. The van der Waals surface area contributed by atoms with Crippen LogP contribution in [-0.4, -0.2) is 51.5 Å². The first-order chi connectivity index (χ1) is 9.19. The summed E-state index contributed by atoms with van der Waals surface area (Å²) in [7, 11) is 5.40. The molecular formula is C14H23N3O2. The van der Waals surface area contributed by atoms with Crippen LogP contribution < -0.4 is 10.2 Å². The Bertz CT molecular complexity index is 384. The minimum Gasteiger partial charge on any atom is -0.377 e. The van der Waals surface area contributed by atoms with E-state index in [-0.39, 0.29) is 18.2 Å². The predicted molar refractivity (Wildman–Crippen MR) is 75.5 cm³/mol. The van der Waals surface area contributed by atoms with Crippen LogP contribution in [0.1, 0.15) is 18.7 Å². The summed E-state index contributed by atoms with van der Waals surface area (Å²) >= 11 is 0. The molecule has 1 aliphatic heterocycles. The second kappa shape index (κ2) is 6.32. The first-order valence-corrected chi connectivity index (χ1v) is 6.63. The van der Waals surface area contributed by atoms with Crippen molar-refractivity contribution in [1.82, 2.24) is 10.3 Å². The van der Waals surface area contributed by atoms with Crippen molar-refractivity contribution in [1.29, 1.82) is 0 Å². The third kappa shape index (κ3) is 3.05. The monoisotopic (exact) mass is 265 g/mol. The molecule has 1 fully saturated rings. The molecule has 1 saturated heterocycles. The van der Waals surface area contributed by atoms with Crippen LogP contribution in [0.15, 0.2) is 18.3 Å². The van der Waals surface area contributed by atoms with Crippen molar-refractivity contribution in [3.05, 3.63) is 24.0 Å². The summed E-state index contributed by atoms with van der Waals surface area (Å²) in [6.45, 7) is 3.79. The van der Waals surface area contributed by atoms with E-state index in [4.69, 9.17) is 9.47 Å². The summed E-state index contributed by atoms with van der Waals surface area (Å²) < 4.78 is 10.9. The maximum absolute atomic E-state index is 5.45. The number of ether oxygens (including phenoxy) is 2. The zero-order valence-corrected chi connectivity index (χ0v) is 12.1. The van der Waals surface area contributed by atoms with Crippen molar-refractivity contribution in [2.45, 2.75) is 25.2 Å². The molecular weight excluding hydrogens is 242 g/mol. The lowest BCUT2D eigenvalue weighted by molar-refractivity contribution is -0.00461. The number of nitrogens with one attached hydrogen (secondary N) is 1. The summed E-state index contributed by atoms with van der Waals surface area (Å²) in [5.74, 6) is 0. The highest BCUT2D eigenvalue weighted by atomic mass is 16.5. The van der Waals surface area contributed by atoms with E-state index in [1.54, 1.807) is 14.2 Å². The molecule has 106 valence electrons. The highest BCUT2D eigenvalue weighted by Gasteiger charge is 2.33. The summed E-state index contributed by atoms with van der Waals surface area (Å²) in [6, 6.07) is 4.45. The number of hydrogen-bond acceptors (Lipinski definition) is 5. The van der Waals surface area contributed by atoms with Crippen molar-refractivity contribution in [2.24, 2.45) is 0 Å². The predicted octanol–water partition coefficient (Wildman–Crippen LogP) is 1.21. The average Bonchev–Trinajstić information content (AvgIpc) is 2.89. The van der Waals surface area contributed by atoms with Gasteiger partial charge in [-0.1, -0.05) is 0 Å². The summed E-state index contributed by atoms with van der Waals surface area (Å²) in [4.78, 5) is 6.76. The third-order valence-electron chi connectivity index (χ3n) is 3.83. The van der Waals surface area contributed by atoms with Gasteiger partial charge in [0.2, 0.25) is 0 Å². The molecule has 0 aromatic carbocycles. The van der Waals surface area contributed by atoms with Crippen molar-refractivity contribution in [3.63, 3.8) is 0 Å². The average molecular weight is 265 g/mol. The Morgan fingerprint density at radius 2 is 1.89 bits per heavy atom. The van der Waals surface area contributed by atoms with Gasteiger partial charge in [0, 0.05) is 33.4 Å². The van der Waals surface area contributed by atoms with Gasteiger partial charge in [0.15, 0.2) is 0 Å². The van der Waals surface area contributed by atoms with Crippen LogP contribution in [0, 0.1) is 0 Å². The van der Waals surface area contributed by atoms with Crippen molar-refractivity contribution in [2.75, 3.05) is 39.3 Å². The Balaban J connectivity index is 2.07. The topological polar surface area (TPSA) is 46.6 Å². The smallest absolute Gasteiger partial charge is 0.102 e. The Morgan fingerprint density at radius 1 is 1.26 bits per heavy atom. The van der Waals surface area contributed by atoms with Crippen molar-refractivity contribution >= 4 is 5.69 Å². The summed E-state index contributed by atoms with van der Waals surface area (Å²) in [5.41, 5.74) is 2.17. The van der Waals surface area contributed by atoms with Crippen LogP contribution >= 0.6 is 0 Å². The summed E-state index contributed by atoms with van der Waals surface area (Å²) in [6.07, 6.45) is 2.18. The SMILES string of the molecule is CNC(C)c1ccc(N2CC(OC)C(OC)C2)cn1. The molecule has 5 nitrogen and oxygen atoms in total. The van der Waals surface area contributed by atoms with E-state index in [1.165, 1.54) is 0 Å². The molecule has 1 aromatic rings. The lowest BCUT2D eigenvalue weighted by atomic mass is 10.2. The number of aromatic nitrogens is 1. The largest absolute Gasteiger partial charge is 0.377 e. The molecule has 1 aliphatic rings. The molecule has 1 aromatic heterocycles. The van der Waals surface area contributed by atoms with Gasteiger partial charge in [-0.15, -0.1) is 0 Å². The van der Waals surface area contributed by atoms with Gasteiger partial charge in [0.05, 0.1) is 17.6 Å². The van der Waals surface area contributed by atoms with Crippen molar-refractivity contribution < 1.29 is 9.47 Å². The first kappa shape index (κ1) is 14.2. The highest BCUT2D eigenvalue weighted by Crippen LogP contribution is 2.23. The maximum Gasteiger partial charge on any atom is 0.102 e. The molecule has 1 N–H and O–H groups in total. The number of nitrogens with zero attached hydrogens (tertiary/aromatic N) is 2. The lowest BCUT2D eigenvalue weighted by Gasteiger charge is -2.18. The first-order valence-electron chi connectivity index (χ1n) is 6.63. The zero-order valence-electron chi connectivity index (χ0n) is 12.1. The second-order valence-corrected chi connectivity index (χ2v) is 4.90. The van der Waals surface area contributed by atoms with Gasteiger partial charge in [0.25, 0.3) is 0 Å². The molecule has 2 heterocycles. The molecule has 2 rings (SSSR count). The number of anilines is 1. The second-order valence-electron chi connectivity index (χ2n) is 4.90. The van der Waals surface area contributed by atoms with Gasteiger partial charge in [-0.3, -0.25) is 4.98 Å². The standard InChI is InChI=1S/C14H23N3O2/c1-10(15-2)12-6-5-11(7-16-12)17-8-13(18-3)14(9-17)19-4/h5-7,10,13-15H,8-9H2,1-4H3. The fourth-order valence-corrected chi connectivity index (χ4v) is 2.40. The molecule has 3 atom stereocenters. The van der Waals surface area contributed by atoms with Gasteiger partial charge in [-0.2, -0.15) is 0 Å². The molecule has 19 heavy (non-hydrogen) atoms. The van der Waals surface area contributed by atoms with Gasteiger partial charge in [-0.05, 0) is 26.1 Å². The molecule has 0 saturated carbocycles. The minimum absolute atomic E-state index is 0.126. The number of hydrogen-bond donors (Lipinski definition) is 1. The zero-order chi connectivity index (χ0) is 13.8. The molecule has 0 radical (unpaired) electrons. The molecule has 5 heteroatoms. The fourth-order valence-electron chi connectivity index (χ4n) is 2.40. The van der Waals surface area contributed by atoms with Gasteiger partial charge >= 0.3 is 0 Å². The van der Waals surface area contributed by atoms with E-state index in [2.05, 4.69) is 34.3 Å². The van der Waals surface area contributed by atoms with E-state index in [9.17, 15) is 0 Å². The fraction of sp³-hybridized carbons (Fsp3) is 0.643. The summed E-state index contributed by atoms with van der Waals surface area (Å²) in [5, 5.41) is 3.19. The molecule has 0 amide bonds. The van der Waals surface area contributed by atoms with Crippen LogP contribution in [-0.2, 0) is 9.47 Å². The van der Waals surface area contributed by atoms with Crippen LogP contribution in [0.2, 0.25) is 0 Å². The Morgan fingerprint density at radius 3 is 2.32 bits per heavy atom. The van der Waals surface area contributed by atoms with Gasteiger partial charge in [0.1, 0.15) is 12.2 Å². The van der Waals surface area contributed by atoms with Gasteiger partial charge in [-0.25, -0.2) is 0 Å². The van der Waals surface area contributed by atoms with E-state index < -0.39 is 0 Å². The van der Waals surface area contributed by atoms with Gasteiger partial charge < -0.3 is 19.7 Å². The number of rotatable bonds is 5. The van der Waals surface area contributed by atoms with E-state index in [0.717, 1.165) is 24.5 Å². The number of methoxy groups -OCH3 is 2. The highest BCUT2D eigenvalue weighted by molar-refractivity contribution is 5.46. The molecule has 0 bridgehead atoms. The van der Waals surface area contributed by atoms with Crippen LogP contribution in [0.25, 0.3) is 0 Å². The third-order valence-corrected chi connectivity index (χ3v) is 3.83. The molecule has 0 aliphatic carbocycles. The normalized spacial score (nSPS) is 24.7. The van der Waals surface area contributed by atoms with Crippen molar-refractivity contribution in [3.8, 4) is 0 Å². The van der Waals surface area contributed by atoms with E-state index in [0.29, 0.717) is 0 Å². The molecule has 0 spiro atoms. The minimum atomic E-state index is 0.126. The maximum atomic E-state index is 5.45.